The van der Waals surface area contributed by atoms with Gasteiger partial charge in [0.2, 0.25) is 0 Å². The van der Waals surface area contributed by atoms with Crippen LogP contribution in [-0.2, 0) is 19.0 Å². The van der Waals surface area contributed by atoms with Crippen molar-refractivity contribution in [2.24, 2.45) is 39.9 Å². The van der Waals surface area contributed by atoms with E-state index in [1.54, 1.807) is 0 Å². The first kappa shape index (κ1) is 17.3. The number of piperidine rings is 1. The van der Waals surface area contributed by atoms with Gasteiger partial charge in [-0.1, -0.05) is 19.1 Å². The first-order chi connectivity index (χ1) is 13.9. The smallest absolute Gasteiger partial charge is 0.409 e. The molecule has 2 heterocycles. The number of hydrogen-bond acceptors (Lipinski definition) is 5. The molecule has 10 atom stereocenters. The molecule has 0 aromatic heterocycles. The van der Waals surface area contributed by atoms with Crippen LogP contribution in [0.5, 0.6) is 0 Å². The van der Waals surface area contributed by atoms with Crippen LogP contribution in [0.2, 0.25) is 0 Å². The number of carbonyl (C=O) groups excluding carboxylic acids is 2. The van der Waals surface area contributed by atoms with Crippen LogP contribution in [-0.4, -0.2) is 61.9 Å². The average Bonchev–Trinajstić information content (AvgIpc) is 3.41. The largest absolute Gasteiger partial charge is 0.453 e. The lowest BCUT2D eigenvalue weighted by atomic mass is 9.40. The number of Topliss-reactive ketones (excluding diaryl/α,β-unsaturated/α-hetero) is 1. The number of ketones is 1. The van der Waals surface area contributed by atoms with Gasteiger partial charge in [-0.05, 0) is 48.9 Å². The molecule has 0 aromatic rings. The molecule has 6 fully saturated rings. The van der Waals surface area contributed by atoms with Crippen molar-refractivity contribution in [1.29, 1.82) is 0 Å². The van der Waals surface area contributed by atoms with Crippen LogP contribution in [0, 0.1) is 39.9 Å². The Balaban J connectivity index is 1.49. The molecule has 2 aliphatic heterocycles. The third-order valence-corrected chi connectivity index (χ3v) is 10.6. The summed E-state index contributed by atoms with van der Waals surface area (Å²) in [4.78, 5) is 29.0. The maximum absolute atomic E-state index is 14.0. The van der Waals surface area contributed by atoms with Crippen LogP contribution in [0.4, 0.5) is 4.79 Å². The van der Waals surface area contributed by atoms with Gasteiger partial charge in [0.05, 0.1) is 25.2 Å². The zero-order valence-electron chi connectivity index (χ0n) is 17.3. The number of methoxy groups -OCH3 is 2. The van der Waals surface area contributed by atoms with E-state index >= 15 is 0 Å². The lowest BCUT2D eigenvalue weighted by Crippen LogP contribution is -2.70. The molecule has 156 valence electrons. The normalized spacial score (nSPS) is 60.0. The summed E-state index contributed by atoms with van der Waals surface area (Å²) in [6.45, 7) is 3.65. The second-order valence-corrected chi connectivity index (χ2v) is 11.0. The first-order valence-electron chi connectivity index (χ1n) is 11.2. The fourth-order valence-corrected chi connectivity index (χ4v) is 9.87. The lowest BCUT2D eigenvalue weighted by molar-refractivity contribution is -0.211. The molecular formula is C23H29NO5. The van der Waals surface area contributed by atoms with Gasteiger partial charge in [0.25, 0.3) is 0 Å². The number of rotatable bonds is 1. The highest BCUT2D eigenvalue weighted by Gasteiger charge is 2.88. The molecule has 4 saturated carbocycles. The summed E-state index contributed by atoms with van der Waals surface area (Å²) in [5, 5.41) is 0. The van der Waals surface area contributed by atoms with E-state index in [0.717, 1.165) is 32.2 Å². The van der Waals surface area contributed by atoms with E-state index in [9.17, 15) is 9.59 Å². The molecular weight excluding hydrogens is 370 g/mol. The fourth-order valence-electron chi connectivity index (χ4n) is 9.87. The number of epoxide rings is 1. The minimum absolute atomic E-state index is 0.0181. The summed E-state index contributed by atoms with van der Waals surface area (Å²) >= 11 is 0. The van der Waals surface area contributed by atoms with Crippen molar-refractivity contribution in [2.45, 2.75) is 50.4 Å². The molecule has 0 N–H and O–H groups in total. The molecule has 6 unspecified atom stereocenters. The van der Waals surface area contributed by atoms with E-state index in [4.69, 9.17) is 14.2 Å². The zero-order valence-corrected chi connectivity index (χ0v) is 17.3. The van der Waals surface area contributed by atoms with Gasteiger partial charge in [-0.15, -0.1) is 0 Å². The average molecular weight is 399 g/mol. The number of carbonyl (C=O) groups is 2. The van der Waals surface area contributed by atoms with Crippen molar-refractivity contribution in [1.82, 2.24) is 4.90 Å². The van der Waals surface area contributed by atoms with Gasteiger partial charge in [-0.25, -0.2) is 4.79 Å². The zero-order chi connectivity index (χ0) is 20.0. The van der Waals surface area contributed by atoms with Crippen molar-refractivity contribution in [3.05, 3.63) is 12.2 Å². The Bertz CT molecular complexity index is 880. The third kappa shape index (κ3) is 1.47. The van der Waals surface area contributed by atoms with Gasteiger partial charge in [0.1, 0.15) is 0 Å². The maximum Gasteiger partial charge on any atom is 0.409 e. The van der Waals surface area contributed by atoms with Crippen molar-refractivity contribution in [3.63, 3.8) is 0 Å². The van der Waals surface area contributed by atoms with Gasteiger partial charge >= 0.3 is 6.09 Å². The summed E-state index contributed by atoms with van der Waals surface area (Å²) in [7, 11) is 3.30. The Morgan fingerprint density at radius 3 is 2.76 bits per heavy atom. The monoisotopic (exact) mass is 399 g/mol. The van der Waals surface area contributed by atoms with E-state index in [1.165, 1.54) is 7.11 Å². The quantitative estimate of drug-likeness (QED) is 0.500. The van der Waals surface area contributed by atoms with Crippen LogP contribution in [0.3, 0.4) is 0 Å². The first-order valence-corrected chi connectivity index (χ1v) is 11.2. The number of ether oxygens (including phenoxy) is 3. The molecule has 2 saturated heterocycles. The van der Waals surface area contributed by atoms with Crippen molar-refractivity contribution < 1.29 is 23.8 Å². The second-order valence-electron chi connectivity index (χ2n) is 11.0. The molecule has 3 spiro atoms. The van der Waals surface area contributed by atoms with Gasteiger partial charge in [-0.3, -0.25) is 4.79 Å². The fraction of sp³-hybridized carbons (Fsp3) is 0.826. The van der Waals surface area contributed by atoms with Gasteiger partial charge in [0.15, 0.2) is 11.4 Å². The molecule has 8 aliphatic rings. The number of likely N-dealkylation sites (tertiary alicyclic amines) is 1. The Hall–Kier alpha value is -1.40. The van der Waals surface area contributed by atoms with Crippen LogP contribution < -0.4 is 0 Å². The Morgan fingerprint density at radius 2 is 2.07 bits per heavy atom. The minimum atomic E-state index is -0.572. The van der Waals surface area contributed by atoms with Gasteiger partial charge in [0, 0.05) is 31.0 Å². The van der Waals surface area contributed by atoms with Gasteiger partial charge in [-0.2, -0.15) is 0 Å². The second kappa shape index (κ2) is 4.75. The standard InChI is InChI=1S/C23H29NO5/c1-20-6-5-16(27-2)23-14(20)9-13(17(23)24(10-20)19(26)28-3)21-7-4-12(8-15(21)23)22(11-29-22)18(21)25/h4,7,12-17H,5-6,8-11H2,1-3H3/t12?,13-,14-,15?,16?,17?,20?,21+,22+,23?/m1/s1. The van der Waals surface area contributed by atoms with E-state index in [-0.39, 0.29) is 46.8 Å². The summed E-state index contributed by atoms with van der Waals surface area (Å²) < 4.78 is 17.3. The van der Waals surface area contributed by atoms with E-state index < -0.39 is 11.0 Å². The highest BCUT2D eigenvalue weighted by Crippen LogP contribution is 2.83. The molecule has 7 bridgehead atoms. The predicted octanol–water partition coefficient (Wildman–Crippen LogP) is 2.42. The SMILES string of the molecule is COC(=O)N1CC2(C)CCC(OC)C34C1[C@@H](C[C@H]23)[C@@]12C=CC(CC41)[C@@]1(CO1)C2=O. The van der Waals surface area contributed by atoms with Crippen LogP contribution >= 0.6 is 0 Å². The Labute approximate surface area is 170 Å². The molecule has 6 aliphatic carbocycles. The molecule has 0 radical (unpaired) electrons. The Kier molecular flexibility index (Phi) is 2.83. The lowest BCUT2D eigenvalue weighted by Gasteiger charge is -2.66. The summed E-state index contributed by atoms with van der Waals surface area (Å²) in [6.07, 6.45) is 8.40. The molecule has 8 rings (SSSR count). The third-order valence-electron chi connectivity index (χ3n) is 10.6. The number of allylic oxidation sites excluding steroid dienone is 1. The van der Waals surface area contributed by atoms with Crippen molar-refractivity contribution in [3.8, 4) is 0 Å². The summed E-state index contributed by atoms with van der Waals surface area (Å²) in [5.74, 6) is 1.34. The van der Waals surface area contributed by atoms with Crippen LogP contribution in [0.15, 0.2) is 12.2 Å². The highest BCUT2D eigenvalue weighted by atomic mass is 16.6. The van der Waals surface area contributed by atoms with E-state index in [1.807, 2.05) is 12.0 Å². The van der Waals surface area contributed by atoms with Crippen molar-refractivity contribution >= 4 is 11.9 Å². The predicted molar refractivity (Wildman–Crippen MR) is 102 cm³/mol. The highest BCUT2D eigenvalue weighted by molar-refractivity contribution is 6.00. The van der Waals surface area contributed by atoms with Crippen LogP contribution in [0.25, 0.3) is 0 Å². The molecule has 6 nitrogen and oxygen atoms in total. The number of hydrogen-bond donors (Lipinski definition) is 0. The minimum Gasteiger partial charge on any atom is -0.453 e. The number of amides is 1. The van der Waals surface area contributed by atoms with Crippen molar-refractivity contribution in [2.75, 3.05) is 27.4 Å². The van der Waals surface area contributed by atoms with E-state index in [2.05, 4.69) is 19.1 Å². The number of nitrogens with zero attached hydrogens (tertiary/aromatic N) is 1. The van der Waals surface area contributed by atoms with E-state index in [0.29, 0.717) is 18.3 Å². The topological polar surface area (TPSA) is 68.4 Å². The maximum atomic E-state index is 14.0. The summed E-state index contributed by atoms with van der Waals surface area (Å²) in [6, 6.07) is 0.0181. The molecule has 1 amide bonds. The van der Waals surface area contributed by atoms with Crippen LogP contribution in [0.1, 0.15) is 32.6 Å². The molecule has 0 aromatic carbocycles. The molecule has 6 heteroatoms. The summed E-state index contributed by atoms with van der Waals surface area (Å²) in [5.41, 5.74) is -1.17. The Morgan fingerprint density at radius 1 is 1.28 bits per heavy atom. The molecule has 29 heavy (non-hydrogen) atoms. The van der Waals surface area contributed by atoms with Gasteiger partial charge < -0.3 is 19.1 Å².